The molecule has 6 aromatic rings. The van der Waals surface area contributed by atoms with Crippen LogP contribution in [-0.2, 0) is 23.6 Å². The Morgan fingerprint density at radius 1 is 1.05 bits per heavy atom. The molecule has 3 N–H and O–H groups in total. The molecule has 0 fully saturated rings. The summed E-state index contributed by atoms with van der Waals surface area (Å²) in [7, 11) is -1.95. The molecule has 1 unspecified atom stereocenters. The van der Waals surface area contributed by atoms with Crippen molar-refractivity contribution in [3.05, 3.63) is 101 Å². The number of hydrogen-bond acceptors (Lipinski definition) is 5. The van der Waals surface area contributed by atoms with Gasteiger partial charge >= 0.3 is 6.18 Å². The van der Waals surface area contributed by atoms with Crippen LogP contribution in [0.25, 0.3) is 27.6 Å². The number of carbonyl (C=O) groups is 1. The Hall–Kier alpha value is -4.71. The first-order chi connectivity index (χ1) is 19.5. The minimum atomic E-state index is -4.59. The van der Waals surface area contributed by atoms with Crippen molar-refractivity contribution in [1.29, 1.82) is 0 Å². The molecule has 0 radical (unpaired) electrons. The van der Waals surface area contributed by atoms with Crippen molar-refractivity contribution in [3.63, 3.8) is 0 Å². The average Bonchev–Trinajstić information content (AvgIpc) is 3.65. The largest absolute Gasteiger partial charge is 0.416 e. The Balaban J connectivity index is 1.47. The maximum absolute atomic E-state index is 13.9. The van der Waals surface area contributed by atoms with E-state index in [1.807, 2.05) is 19.9 Å². The maximum atomic E-state index is 13.9. The second kappa shape index (κ2) is 9.73. The summed E-state index contributed by atoms with van der Waals surface area (Å²) < 4.78 is 56.8. The molecule has 41 heavy (non-hydrogen) atoms. The van der Waals surface area contributed by atoms with Gasteiger partial charge in [-0.15, -0.1) is 0 Å². The molecule has 0 bridgehead atoms. The molecule has 0 saturated carbocycles. The minimum absolute atomic E-state index is 0.0185. The number of nitrogen functional groups attached to an aromatic ring is 1. The van der Waals surface area contributed by atoms with Gasteiger partial charge < -0.3 is 10.7 Å². The van der Waals surface area contributed by atoms with Crippen LogP contribution >= 0.6 is 0 Å². The zero-order valence-corrected chi connectivity index (χ0v) is 22.7. The molecular weight excluding hydrogens is 553 g/mol. The quantitative estimate of drug-likeness (QED) is 0.237. The zero-order chi connectivity index (χ0) is 29.1. The number of alkyl halides is 3. The molecule has 12 heteroatoms. The monoisotopic (exact) mass is 576 g/mol. The smallest absolute Gasteiger partial charge is 0.383 e. The molecule has 0 aliphatic rings. The molecule has 3 heterocycles. The summed E-state index contributed by atoms with van der Waals surface area (Å²) in [6.07, 6.45) is -2.56. The Kier molecular flexibility index (Phi) is 6.29. The van der Waals surface area contributed by atoms with E-state index < -0.39 is 28.5 Å². The van der Waals surface area contributed by atoms with Crippen LogP contribution in [0, 0.1) is 6.92 Å². The fraction of sp³-hybridized carbons (Fsp3) is 0.138. The summed E-state index contributed by atoms with van der Waals surface area (Å²) >= 11 is 0. The lowest BCUT2D eigenvalue weighted by Crippen LogP contribution is -2.15. The van der Waals surface area contributed by atoms with E-state index >= 15 is 0 Å². The van der Waals surface area contributed by atoms with Gasteiger partial charge in [0.15, 0.2) is 11.0 Å². The van der Waals surface area contributed by atoms with Crippen LogP contribution in [0.5, 0.6) is 0 Å². The normalized spacial score (nSPS) is 12.8. The Morgan fingerprint density at radius 2 is 1.80 bits per heavy atom. The lowest BCUT2D eigenvalue weighted by Gasteiger charge is -2.11. The predicted molar refractivity (Wildman–Crippen MR) is 150 cm³/mol. The number of nitrogens with two attached hydrogens (primary N) is 1. The van der Waals surface area contributed by atoms with E-state index in [4.69, 9.17) is 5.73 Å². The third-order valence-electron chi connectivity index (χ3n) is 6.85. The maximum Gasteiger partial charge on any atom is 0.416 e. The molecule has 6 rings (SSSR count). The third-order valence-corrected chi connectivity index (χ3v) is 8.25. The van der Waals surface area contributed by atoms with E-state index in [1.54, 1.807) is 36.4 Å². The Bertz CT molecular complexity index is 1990. The highest BCUT2D eigenvalue weighted by Crippen LogP contribution is 2.34. The van der Waals surface area contributed by atoms with Crippen molar-refractivity contribution in [1.82, 2.24) is 23.7 Å². The zero-order valence-electron chi connectivity index (χ0n) is 21.9. The van der Waals surface area contributed by atoms with Crippen molar-refractivity contribution >= 4 is 44.5 Å². The number of aromatic nitrogens is 5. The second-order valence-corrected chi connectivity index (χ2v) is 10.9. The molecule has 8 nitrogen and oxygen atoms in total. The standard InChI is InChI=1S/C29H23F3N6O2S/c1-3-26-35-22-10-7-19(14-23(22)36-26)37-28(33)21(15-34-37)27(39)25-13-17-12-18(29(30,31)32)6-11-24(17)38(25)41(40)20-8-4-16(2)5-9-20/h4-15H,3,33H2,1-2H3,(H,35,36). The van der Waals surface area contributed by atoms with E-state index in [0.717, 1.165) is 41.0 Å². The summed E-state index contributed by atoms with van der Waals surface area (Å²) in [6, 6.07) is 16.6. The number of fused-ring (bicyclic) bond motifs is 2. The van der Waals surface area contributed by atoms with Crippen LogP contribution in [0.15, 0.2) is 77.8 Å². The van der Waals surface area contributed by atoms with Crippen LogP contribution in [-0.4, -0.2) is 33.7 Å². The van der Waals surface area contributed by atoms with Crippen LogP contribution < -0.4 is 5.73 Å². The third kappa shape index (κ3) is 4.59. The topological polar surface area (TPSA) is 112 Å². The van der Waals surface area contributed by atoms with E-state index in [-0.39, 0.29) is 28.0 Å². The number of imidazole rings is 1. The summed E-state index contributed by atoms with van der Waals surface area (Å²) in [5, 5.41) is 4.43. The van der Waals surface area contributed by atoms with Gasteiger partial charge in [-0.1, -0.05) is 24.6 Å². The first-order valence-corrected chi connectivity index (χ1v) is 13.7. The van der Waals surface area contributed by atoms with Gasteiger partial charge in [-0.3, -0.25) is 8.77 Å². The first-order valence-electron chi connectivity index (χ1n) is 12.6. The molecular formula is C29H23F3N6O2S. The van der Waals surface area contributed by atoms with Crippen LogP contribution in [0.2, 0.25) is 0 Å². The second-order valence-electron chi connectivity index (χ2n) is 9.58. The van der Waals surface area contributed by atoms with Crippen molar-refractivity contribution in [2.24, 2.45) is 0 Å². The van der Waals surface area contributed by atoms with Crippen LogP contribution in [0.4, 0.5) is 19.0 Å². The number of H-pyrrole nitrogens is 1. The van der Waals surface area contributed by atoms with Crippen molar-refractivity contribution < 1.29 is 22.2 Å². The highest BCUT2D eigenvalue weighted by Gasteiger charge is 2.32. The van der Waals surface area contributed by atoms with Gasteiger partial charge in [-0.2, -0.15) is 18.3 Å². The highest BCUT2D eigenvalue weighted by atomic mass is 32.2. The molecule has 3 aromatic carbocycles. The lowest BCUT2D eigenvalue weighted by atomic mass is 10.1. The molecule has 0 saturated heterocycles. The molecule has 0 aliphatic carbocycles. The van der Waals surface area contributed by atoms with Gasteiger partial charge in [-0.05, 0) is 61.5 Å². The lowest BCUT2D eigenvalue weighted by molar-refractivity contribution is -0.137. The molecule has 3 aromatic heterocycles. The fourth-order valence-electron chi connectivity index (χ4n) is 4.69. The number of nitrogens with zero attached hydrogens (tertiary/aromatic N) is 4. The van der Waals surface area contributed by atoms with Gasteiger partial charge in [0.2, 0.25) is 5.78 Å². The number of halogens is 3. The number of hydrogen-bond donors (Lipinski definition) is 2. The molecule has 0 amide bonds. The average molecular weight is 577 g/mol. The van der Waals surface area contributed by atoms with E-state index in [9.17, 15) is 22.2 Å². The Morgan fingerprint density at radius 3 is 2.51 bits per heavy atom. The van der Waals surface area contributed by atoms with Gasteiger partial charge in [0.25, 0.3) is 0 Å². The Labute approximate surface area is 234 Å². The minimum Gasteiger partial charge on any atom is -0.383 e. The number of benzene rings is 3. The number of aromatic amines is 1. The van der Waals surface area contributed by atoms with Crippen molar-refractivity contribution in [2.45, 2.75) is 31.3 Å². The van der Waals surface area contributed by atoms with Gasteiger partial charge in [0.1, 0.15) is 17.3 Å². The summed E-state index contributed by atoms with van der Waals surface area (Å²) in [5.74, 6) is 0.220. The molecule has 208 valence electrons. The van der Waals surface area contributed by atoms with Crippen LogP contribution in [0.3, 0.4) is 0 Å². The SMILES string of the molecule is CCc1nc2ccc(-n3ncc(C(=O)c4cc5cc(C(F)(F)F)ccc5n4S(=O)c4ccc(C)cc4)c3N)cc2[nH]1. The number of ketones is 1. The van der Waals surface area contributed by atoms with E-state index in [0.29, 0.717) is 10.6 Å². The van der Waals surface area contributed by atoms with Gasteiger partial charge in [-0.25, -0.2) is 13.9 Å². The fourth-order valence-corrected chi connectivity index (χ4v) is 5.93. The predicted octanol–water partition coefficient (Wildman–Crippen LogP) is 5.98. The number of anilines is 1. The van der Waals surface area contributed by atoms with Crippen LogP contribution in [0.1, 0.15) is 39.9 Å². The number of aryl methyl sites for hydroxylation is 2. The van der Waals surface area contributed by atoms with Gasteiger partial charge in [0, 0.05) is 11.8 Å². The van der Waals surface area contributed by atoms with Crippen molar-refractivity contribution in [3.8, 4) is 5.69 Å². The summed E-state index contributed by atoms with van der Waals surface area (Å²) in [6.45, 7) is 3.86. The summed E-state index contributed by atoms with van der Waals surface area (Å²) in [4.78, 5) is 22.0. The molecule has 0 aliphatic heterocycles. The molecule has 1 atom stereocenters. The van der Waals surface area contributed by atoms with Crippen molar-refractivity contribution in [2.75, 3.05) is 5.73 Å². The highest BCUT2D eigenvalue weighted by molar-refractivity contribution is 7.83. The molecule has 0 spiro atoms. The first kappa shape index (κ1) is 26.5. The number of rotatable bonds is 6. The number of nitrogens with one attached hydrogen (secondary N) is 1. The number of carbonyl (C=O) groups excluding carboxylic acids is 1. The van der Waals surface area contributed by atoms with E-state index in [2.05, 4.69) is 15.1 Å². The summed E-state index contributed by atoms with van der Waals surface area (Å²) in [5.41, 5.74) is 8.73. The van der Waals surface area contributed by atoms with Gasteiger partial charge in [0.05, 0.1) is 44.5 Å². The van der Waals surface area contributed by atoms with E-state index in [1.165, 1.54) is 27.0 Å².